The molecule has 3 saturated heterocycles. The maximum atomic E-state index is 12.3. The summed E-state index contributed by atoms with van der Waals surface area (Å²) in [5.74, 6) is -0.296. The summed E-state index contributed by atoms with van der Waals surface area (Å²) in [6.45, 7) is 0.537. The van der Waals surface area contributed by atoms with E-state index in [9.17, 15) is 9.59 Å². The van der Waals surface area contributed by atoms with Crippen LogP contribution in [0.2, 0.25) is 0 Å². The second kappa shape index (κ2) is 4.53. The molecule has 2 bridgehead atoms. The van der Waals surface area contributed by atoms with E-state index in [1.54, 1.807) is 4.90 Å². The predicted molar refractivity (Wildman–Crippen MR) is 71.6 cm³/mol. The first-order valence-electron chi connectivity index (χ1n) is 6.46. The lowest BCUT2D eigenvalue weighted by Gasteiger charge is -2.48. The number of hydrogen-bond donors (Lipinski definition) is 1. The number of piperazine rings is 1. The molecule has 2 amide bonds. The van der Waals surface area contributed by atoms with Gasteiger partial charge in [0, 0.05) is 6.54 Å². The molecule has 1 N–H and O–H groups in total. The van der Waals surface area contributed by atoms with Crippen molar-refractivity contribution in [2.45, 2.75) is 30.3 Å². The van der Waals surface area contributed by atoms with Crippen LogP contribution in [0.1, 0.15) is 18.4 Å². The average Bonchev–Trinajstić information content (AvgIpc) is 2.41. The van der Waals surface area contributed by atoms with Crippen molar-refractivity contribution in [3.63, 3.8) is 0 Å². The van der Waals surface area contributed by atoms with Crippen LogP contribution in [0.25, 0.3) is 0 Å². The summed E-state index contributed by atoms with van der Waals surface area (Å²) in [6, 6.07) is 9.58. The monoisotopic (exact) mass is 278 g/mol. The molecule has 0 aromatic heterocycles. The summed E-state index contributed by atoms with van der Waals surface area (Å²) >= 11 is 6.20. The van der Waals surface area contributed by atoms with Crippen LogP contribution in [0.4, 0.5) is 0 Å². The Balaban J connectivity index is 1.74. The summed E-state index contributed by atoms with van der Waals surface area (Å²) in [4.78, 5) is 24.5. The molecule has 0 aliphatic carbocycles. The van der Waals surface area contributed by atoms with Crippen molar-refractivity contribution in [1.29, 1.82) is 0 Å². The van der Waals surface area contributed by atoms with Gasteiger partial charge in [-0.2, -0.15) is 0 Å². The topological polar surface area (TPSA) is 49.4 Å². The number of carbonyl (C=O) groups excluding carboxylic acids is 2. The maximum absolute atomic E-state index is 12.3. The number of halogens is 1. The lowest BCUT2D eigenvalue weighted by molar-refractivity contribution is -0.156. The van der Waals surface area contributed by atoms with Crippen molar-refractivity contribution in [1.82, 2.24) is 10.2 Å². The largest absolute Gasteiger partial charge is 0.328 e. The number of hydrogen-bond acceptors (Lipinski definition) is 2. The highest BCUT2D eigenvalue weighted by molar-refractivity contribution is 6.37. The summed E-state index contributed by atoms with van der Waals surface area (Å²) in [7, 11) is 0. The fraction of sp³-hybridized carbons (Fsp3) is 0.429. The molecule has 3 aliphatic heterocycles. The highest BCUT2D eigenvalue weighted by Gasteiger charge is 2.54. The Hall–Kier alpha value is -1.55. The lowest BCUT2D eigenvalue weighted by atomic mass is 9.90. The van der Waals surface area contributed by atoms with Gasteiger partial charge in [0.25, 0.3) is 5.91 Å². The summed E-state index contributed by atoms with van der Waals surface area (Å²) in [5.41, 5.74) is 1.15. The van der Waals surface area contributed by atoms with E-state index < -0.39 is 5.00 Å². The normalized spacial score (nSPS) is 29.5. The maximum Gasteiger partial charge on any atom is 0.264 e. The van der Waals surface area contributed by atoms with E-state index in [1.807, 2.05) is 30.3 Å². The molecular weight excluding hydrogens is 264 g/mol. The standard InChI is InChI=1S/C14H15ClN2O2/c15-14-8-6-11(12(18)16-14)17(13(14)19)9-7-10-4-2-1-3-5-10/h1-5,11H,6-9H2,(H,16,18). The van der Waals surface area contributed by atoms with Gasteiger partial charge in [0.15, 0.2) is 5.00 Å². The van der Waals surface area contributed by atoms with Gasteiger partial charge in [-0.05, 0) is 24.8 Å². The third kappa shape index (κ3) is 2.10. The first-order valence-corrected chi connectivity index (χ1v) is 6.84. The molecular formula is C14H15ClN2O2. The van der Waals surface area contributed by atoms with Gasteiger partial charge in [0.05, 0.1) is 0 Å². The molecule has 5 heteroatoms. The van der Waals surface area contributed by atoms with Crippen LogP contribution in [-0.2, 0) is 16.0 Å². The zero-order chi connectivity index (χ0) is 13.5. The smallest absolute Gasteiger partial charge is 0.264 e. The van der Waals surface area contributed by atoms with Crippen LogP contribution in [0, 0.1) is 0 Å². The fourth-order valence-electron chi connectivity index (χ4n) is 2.79. The minimum atomic E-state index is -1.21. The molecule has 1 aromatic carbocycles. The highest BCUT2D eigenvalue weighted by Crippen LogP contribution is 2.35. The van der Waals surface area contributed by atoms with E-state index in [4.69, 9.17) is 11.6 Å². The number of benzene rings is 1. The fourth-order valence-corrected chi connectivity index (χ4v) is 3.10. The van der Waals surface area contributed by atoms with Gasteiger partial charge in [-0.15, -0.1) is 0 Å². The van der Waals surface area contributed by atoms with E-state index in [2.05, 4.69) is 5.32 Å². The van der Waals surface area contributed by atoms with Gasteiger partial charge < -0.3 is 10.2 Å². The van der Waals surface area contributed by atoms with Crippen LogP contribution in [0.3, 0.4) is 0 Å². The van der Waals surface area contributed by atoms with Gasteiger partial charge in [-0.3, -0.25) is 9.59 Å². The van der Waals surface area contributed by atoms with E-state index in [0.717, 1.165) is 12.0 Å². The Morgan fingerprint density at radius 1 is 1.32 bits per heavy atom. The van der Waals surface area contributed by atoms with E-state index >= 15 is 0 Å². The Bertz CT molecular complexity index is 519. The van der Waals surface area contributed by atoms with Crippen LogP contribution in [0.5, 0.6) is 0 Å². The number of piperidine rings is 2. The number of carbonyl (C=O) groups is 2. The molecule has 3 aliphatic rings. The first-order chi connectivity index (χ1) is 9.10. The molecule has 19 heavy (non-hydrogen) atoms. The van der Waals surface area contributed by atoms with Crippen molar-refractivity contribution < 1.29 is 9.59 Å². The minimum absolute atomic E-state index is 0.131. The van der Waals surface area contributed by atoms with Crippen LogP contribution < -0.4 is 5.32 Å². The molecule has 3 fully saturated rings. The van der Waals surface area contributed by atoms with Gasteiger partial charge in [0.2, 0.25) is 5.91 Å². The molecule has 0 spiro atoms. The number of rotatable bonds is 3. The van der Waals surface area contributed by atoms with Crippen molar-refractivity contribution in [3.05, 3.63) is 35.9 Å². The molecule has 100 valence electrons. The molecule has 0 saturated carbocycles. The number of amides is 2. The Kier molecular flexibility index (Phi) is 2.97. The van der Waals surface area contributed by atoms with Crippen LogP contribution in [0.15, 0.2) is 30.3 Å². The Morgan fingerprint density at radius 2 is 2.05 bits per heavy atom. The zero-order valence-electron chi connectivity index (χ0n) is 10.4. The highest BCUT2D eigenvalue weighted by atomic mass is 35.5. The third-order valence-corrected chi connectivity index (χ3v) is 4.29. The van der Waals surface area contributed by atoms with Gasteiger partial charge in [-0.1, -0.05) is 41.9 Å². The molecule has 4 rings (SSSR count). The summed E-state index contributed by atoms with van der Waals surface area (Å²) in [5, 5.41) is 2.61. The van der Waals surface area contributed by atoms with Crippen molar-refractivity contribution >= 4 is 23.4 Å². The lowest BCUT2D eigenvalue weighted by Crippen LogP contribution is -2.72. The van der Waals surface area contributed by atoms with Crippen LogP contribution in [-0.4, -0.2) is 34.3 Å². The SMILES string of the molecule is O=C1NC2(Cl)CCC1N(CCc1ccccc1)C2=O. The number of nitrogens with zero attached hydrogens (tertiary/aromatic N) is 1. The van der Waals surface area contributed by atoms with Crippen LogP contribution >= 0.6 is 11.6 Å². The minimum Gasteiger partial charge on any atom is -0.328 e. The third-order valence-electron chi connectivity index (χ3n) is 3.85. The van der Waals surface area contributed by atoms with E-state index in [1.165, 1.54) is 0 Å². The molecule has 2 atom stereocenters. The van der Waals surface area contributed by atoms with Crippen molar-refractivity contribution in [2.75, 3.05) is 6.54 Å². The predicted octanol–water partition coefficient (Wildman–Crippen LogP) is 1.28. The molecule has 3 heterocycles. The van der Waals surface area contributed by atoms with Gasteiger partial charge >= 0.3 is 0 Å². The molecule has 2 unspecified atom stereocenters. The average molecular weight is 279 g/mol. The summed E-state index contributed by atoms with van der Waals surface area (Å²) < 4.78 is 0. The molecule has 0 radical (unpaired) electrons. The molecule has 1 aromatic rings. The quantitative estimate of drug-likeness (QED) is 0.669. The van der Waals surface area contributed by atoms with Gasteiger partial charge in [-0.25, -0.2) is 0 Å². The first kappa shape index (κ1) is 12.5. The Morgan fingerprint density at radius 3 is 2.74 bits per heavy atom. The number of fused-ring (bicyclic) bond motifs is 3. The Labute approximate surface area is 116 Å². The van der Waals surface area contributed by atoms with Crippen molar-refractivity contribution in [2.24, 2.45) is 0 Å². The second-order valence-electron chi connectivity index (χ2n) is 5.08. The molecule has 4 nitrogen and oxygen atoms in total. The summed E-state index contributed by atoms with van der Waals surface area (Å²) in [6.07, 6.45) is 1.91. The van der Waals surface area contributed by atoms with E-state index in [0.29, 0.717) is 19.4 Å². The number of alkyl halides is 1. The zero-order valence-corrected chi connectivity index (χ0v) is 11.2. The van der Waals surface area contributed by atoms with Crippen molar-refractivity contribution in [3.8, 4) is 0 Å². The van der Waals surface area contributed by atoms with Gasteiger partial charge in [0.1, 0.15) is 6.04 Å². The van der Waals surface area contributed by atoms with E-state index in [-0.39, 0.29) is 17.9 Å². The number of nitrogens with one attached hydrogen (secondary N) is 1. The second-order valence-corrected chi connectivity index (χ2v) is 5.72.